The summed E-state index contributed by atoms with van der Waals surface area (Å²) in [5.74, 6) is 0.602. The van der Waals surface area contributed by atoms with Crippen LogP contribution in [0.15, 0.2) is 60.8 Å². The maximum Gasteiger partial charge on any atom is 0.205 e. The molecule has 0 saturated heterocycles. The lowest BCUT2D eigenvalue weighted by Crippen LogP contribution is -2.06. The number of nitrogens with one attached hydrogen (secondary N) is 1. The Balaban J connectivity index is 1.60. The normalized spacial score (nSPS) is 11.0. The summed E-state index contributed by atoms with van der Waals surface area (Å²) in [7, 11) is 0. The Morgan fingerprint density at radius 2 is 1.77 bits per heavy atom. The van der Waals surface area contributed by atoms with Crippen LogP contribution in [0, 0.1) is 0 Å². The molecule has 0 aliphatic heterocycles. The summed E-state index contributed by atoms with van der Waals surface area (Å²) >= 11 is 0. The van der Waals surface area contributed by atoms with E-state index in [9.17, 15) is 0 Å². The Morgan fingerprint density at radius 1 is 0.962 bits per heavy atom. The number of rotatable bonds is 6. The van der Waals surface area contributed by atoms with Crippen LogP contribution in [-0.2, 0) is 13.0 Å². The third-order valence-corrected chi connectivity index (χ3v) is 4.42. The lowest BCUT2D eigenvalue weighted by Gasteiger charge is -2.10. The SMILES string of the molecule is CCCc1ccnn1Cc1ccc(-c2ccccc2-c2nn[nH]n2)cc1. The van der Waals surface area contributed by atoms with E-state index in [1.54, 1.807) is 0 Å². The molecule has 26 heavy (non-hydrogen) atoms. The first kappa shape index (κ1) is 16.2. The van der Waals surface area contributed by atoms with Gasteiger partial charge in [-0.1, -0.05) is 61.9 Å². The third-order valence-electron chi connectivity index (χ3n) is 4.42. The topological polar surface area (TPSA) is 72.3 Å². The van der Waals surface area contributed by atoms with E-state index in [-0.39, 0.29) is 0 Å². The number of benzene rings is 2. The predicted octanol–water partition coefficient (Wildman–Crippen LogP) is 3.73. The molecule has 0 unspecified atom stereocenters. The van der Waals surface area contributed by atoms with E-state index in [0.717, 1.165) is 36.1 Å². The summed E-state index contributed by atoms with van der Waals surface area (Å²) in [5.41, 5.74) is 5.69. The molecule has 4 aromatic rings. The summed E-state index contributed by atoms with van der Waals surface area (Å²) in [6, 6.07) is 18.8. The molecule has 6 nitrogen and oxygen atoms in total. The zero-order valence-electron chi connectivity index (χ0n) is 14.6. The van der Waals surface area contributed by atoms with Crippen molar-refractivity contribution in [1.82, 2.24) is 30.4 Å². The standard InChI is InChI=1S/C20H20N6/c1-2-5-17-12-13-21-26(17)14-15-8-10-16(11-9-15)18-6-3-4-7-19(18)20-22-24-25-23-20/h3-4,6-13H,2,5,14H2,1H3,(H,22,23,24,25). The molecule has 0 fully saturated rings. The monoisotopic (exact) mass is 344 g/mol. The lowest BCUT2D eigenvalue weighted by molar-refractivity contribution is 0.638. The molecule has 0 aliphatic carbocycles. The van der Waals surface area contributed by atoms with Crippen molar-refractivity contribution in [2.75, 3.05) is 0 Å². The molecule has 2 heterocycles. The van der Waals surface area contributed by atoms with Gasteiger partial charge in [-0.2, -0.15) is 10.3 Å². The predicted molar refractivity (Wildman–Crippen MR) is 100 cm³/mol. The first-order valence-corrected chi connectivity index (χ1v) is 8.78. The molecule has 0 aliphatic rings. The second-order valence-electron chi connectivity index (χ2n) is 6.21. The molecule has 130 valence electrons. The minimum absolute atomic E-state index is 0.602. The van der Waals surface area contributed by atoms with Gasteiger partial charge in [0.15, 0.2) is 0 Å². The van der Waals surface area contributed by atoms with E-state index in [1.165, 1.54) is 11.3 Å². The first-order valence-electron chi connectivity index (χ1n) is 8.78. The Bertz CT molecular complexity index is 970. The van der Waals surface area contributed by atoms with Crippen LogP contribution >= 0.6 is 0 Å². The molecule has 2 aromatic heterocycles. The van der Waals surface area contributed by atoms with E-state index in [0.29, 0.717) is 5.82 Å². The zero-order valence-corrected chi connectivity index (χ0v) is 14.6. The number of tetrazole rings is 1. The second kappa shape index (κ2) is 7.31. The van der Waals surface area contributed by atoms with E-state index in [1.807, 2.05) is 24.4 Å². The van der Waals surface area contributed by atoms with Crippen LogP contribution < -0.4 is 0 Å². The van der Waals surface area contributed by atoms with Gasteiger partial charge in [-0.15, -0.1) is 10.2 Å². The molecule has 0 saturated carbocycles. The minimum atomic E-state index is 0.602. The van der Waals surface area contributed by atoms with Gasteiger partial charge in [-0.25, -0.2) is 0 Å². The van der Waals surface area contributed by atoms with Gasteiger partial charge in [-0.3, -0.25) is 4.68 Å². The van der Waals surface area contributed by atoms with Gasteiger partial charge in [0.2, 0.25) is 5.82 Å². The first-order chi connectivity index (χ1) is 12.8. The number of hydrogen-bond donors (Lipinski definition) is 1. The number of aryl methyl sites for hydroxylation is 1. The fraction of sp³-hybridized carbons (Fsp3) is 0.200. The van der Waals surface area contributed by atoms with Crippen molar-refractivity contribution in [1.29, 1.82) is 0 Å². The van der Waals surface area contributed by atoms with Gasteiger partial charge in [0, 0.05) is 17.5 Å². The van der Waals surface area contributed by atoms with Gasteiger partial charge in [0.1, 0.15) is 0 Å². The molecule has 0 amide bonds. The number of aromatic amines is 1. The van der Waals surface area contributed by atoms with Crippen molar-refractivity contribution in [2.45, 2.75) is 26.3 Å². The van der Waals surface area contributed by atoms with Crippen molar-refractivity contribution in [3.8, 4) is 22.5 Å². The van der Waals surface area contributed by atoms with Crippen LogP contribution in [0.25, 0.3) is 22.5 Å². The van der Waals surface area contributed by atoms with Crippen LogP contribution in [0.2, 0.25) is 0 Å². The maximum atomic E-state index is 4.45. The molecule has 0 bridgehead atoms. The molecule has 1 N–H and O–H groups in total. The quantitative estimate of drug-likeness (QED) is 0.578. The molecule has 0 spiro atoms. The third kappa shape index (κ3) is 3.26. The minimum Gasteiger partial charge on any atom is -0.265 e. The molecule has 2 aromatic carbocycles. The van der Waals surface area contributed by atoms with Crippen LogP contribution in [0.3, 0.4) is 0 Å². The van der Waals surface area contributed by atoms with Crippen LogP contribution in [0.1, 0.15) is 24.6 Å². The van der Waals surface area contributed by atoms with Crippen LogP contribution in [0.5, 0.6) is 0 Å². The Morgan fingerprint density at radius 3 is 2.50 bits per heavy atom. The van der Waals surface area contributed by atoms with E-state index in [2.05, 4.69) is 73.7 Å². The lowest BCUT2D eigenvalue weighted by atomic mass is 9.98. The number of nitrogens with zero attached hydrogens (tertiary/aromatic N) is 5. The average molecular weight is 344 g/mol. The van der Waals surface area contributed by atoms with Crippen LogP contribution in [0.4, 0.5) is 0 Å². The summed E-state index contributed by atoms with van der Waals surface area (Å²) < 4.78 is 2.08. The summed E-state index contributed by atoms with van der Waals surface area (Å²) in [5, 5.41) is 18.8. The highest BCUT2D eigenvalue weighted by Crippen LogP contribution is 2.29. The summed E-state index contributed by atoms with van der Waals surface area (Å²) in [6.07, 6.45) is 4.05. The van der Waals surface area contributed by atoms with Crippen molar-refractivity contribution >= 4 is 0 Å². The Kier molecular flexibility index (Phi) is 4.55. The van der Waals surface area contributed by atoms with Gasteiger partial charge >= 0.3 is 0 Å². The molecule has 0 radical (unpaired) electrons. The second-order valence-corrected chi connectivity index (χ2v) is 6.21. The zero-order chi connectivity index (χ0) is 17.8. The van der Waals surface area contributed by atoms with Crippen molar-refractivity contribution in [2.24, 2.45) is 0 Å². The largest absolute Gasteiger partial charge is 0.265 e. The molecule has 4 rings (SSSR count). The van der Waals surface area contributed by atoms with Crippen molar-refractivity contribution in [3.63, 3.8) is 0 Å². The van der Waals surface area contributed by atoms with Gasteiger partial charge in [0.05, 0.1) is 6.54 Å². The highest BCUT2D eigenvalue weighted by molar-refractivity contribution is 5.80. The van der Waals surface area contributed by atoms with Crippen molar-refractivity contribution in [3.05, 3.63) is 72.1 Å². The molecule has 6 heteroatoms. The maximum absolute atomic E-state index is 4.45. The fourth-order valence-corrected chi connectivity index (χ4v) is 3.14. The Hall–Kier alpha value is -3.28. The Labute approximate surface area is 151 Å². The smallest absolute Gasteiger partial charge is 0.205 e. The van der Waals surface area contributed by atoms with Crippen molar-refractivity contribution < 1.29 is 0 Å². The number of H-pyrrole nitrogens is 1. The number of aromatic nitrogens is 6. The van der Waals surface area contributed by atoms with Gasteiger partial charge in [-0.05, 0) is 34.4 Å². The van der Waals surface area contributed by atoms with E-state index < -0.39 is 0 Å². The average Bonchev–Trinajstić information content (AvgIpc) is 3.36. The molecular formula is C20H20N6. The highest BCUT2D eigenvalue weighted by Gasteiger charge is 2.10. The molecular weight excluding hydrogens is 324 g/mol. The molecule has 0 atom stereocenters. The van der Waals surface area contributed by atoms with Gasteiger partial charge in [0.25, 0.3) is 0 Å². The number of hydrogen-bond acceptors (Lipinski definition) is 4. The fourth-order valence-electron chi connectivity index (χ4n) is 3.14. The summed E-state index contributed by atoms with van der Waals surface area (Å²) in [6.45, 7) is 2.97. The van der Waals surface area contributed by atoms with E-state index >= 15 is 0 Å². The summed E-state index contributed by atoms with van der Waals surface area (Å²) in [4.78, 5) is 0. The van der Waals surface area contributed by atoms with Gasteiger partial charge < -0.3 is 0 Å². The van der Waals surface area contributed by atoms with Crippen LogP contribution in [-0.4, -0.2) is 30.4 Å². The van der Waals surface area contributed by atoms with E-state index in [4.69, 9.17) is 0 Å². The highest BCUT2D eigenvalue weighted by atomic mass is 15.5.